The Morgan fingerprint density at radius 3 is 2.62 bits per heavy atom. The molecule has 3 aliphatic rings. The third-order valence-corrected chi connectivity index (χ3v) is 6.87. The number of imide groups is 2. The van der Waals surface area contributed by atoms with Gasteiger partial charge < -0.3 is 10.2 Å². The Morgan fingerprint density at radius 2 is 1.94 bits per heavy atom. The van der Waals surface area contributed by atoms with Gasteiger partial charge in [-0.15, -0.1) is 0 Å². The summed E-state index contributed by atoms with van der Waals surface area (Å²) < 4.78 is 0. The molecule has 2 saturated heterocycles. The van der Waals surface area contributed by atoms with E-state index < -0.39 is 28.8 Å². The number of fused-ring (bicyclic) bond motifs is 4. The molecule has 0 radical (unpaired) electrons. The lowest BCUT2D eigenvalue weighted by atomic mass is 9.67. The predicted molar refractivity (Wildman–Crippen MR) is 121 cm³/mol. The number of carbonyl (C=O) groups is 4. The Bertz CT molecular complexity index is 983. The second kappa shape index (κ2) is 7.90. The van der Waals surface area contributed by atoms with E-state index in [-0.39, 0.29) is 18.4 Å². The van der Waals surface area contributed by atoms with Crippen molar-refractivity contribution >= 4 is 35.1 Å². The first-order valence-corrected chi connectivity index (χ1v) is 11.5. The first-order chi connectivity index (χ1) is 15.1. The van der Waals surface area contributed by atoms with Crippen molar-refractivity contribution in [3.05, 3.63) is 23.8 Å². The number of nitrogens with one attached hydrogen (secondary N) is 2. The molecule has 5 amide bonds. The summed E-state index contributed by atoms with van der Waals surface area (Å²) in [6.45, 7) is 7.92. The fourth-order valence-corrected chi connectivity index (χ4v) is 5.37. The van der Waals surface area contributed by atoms with Gasteiger partial charge in [0.15, 0.2) is 5.41 Å². The molecule has 0 unspecified atom stereocenters. The van der Waals surface area contributed by atoms with Crippen molar-refractivity contribution < 1.29 is 19.2 Å². The zero-order valence-electron chi connectivity index (χ0n) is 19.3. The third kappa shape index (κ3) is 3.45. The minimum atomic E-state index is -1.38. The molecule has 0 bridgehead atoms. The van der Waals surface area contributed by atoms with Crippen LogP contribution in [0.5, 0.6) is 0 Å². The number of barbiturate groups is 1. The van der Waals surface area contributed by atoms with Crippen molar-refractivity contribution in [2.75, 3.05) is 16.8 Å². The molecule has 4 rings (SSSR count). The molecule has 2 N–H and O–H groups in total. The van der Waals surface area contributed by atoms with E-state index in [2.05, 4.69) is 15.5 Å². The Morgan fingerprint density at radius 1 is 1.19 bits per heavy atom. The first kappa shape index (κ1) is 22.3. The number of hydrogen-bond donors (Lipinski definition) is 2. The molecule has 1 aromatic rings. The monoisotopic (exact) mass is 440 g/mol. The van der Waals surface area contributed by atoms with Crippen LogP contribution in [-0.2, 0) is 20.8 Å². The van der Waals surface area contributed by atoms with Gasteiger partial charge in [-0.05, 0) is 63.8 Å². The number of benzene rings is 1. The SMILES string of the molecule is CCC(=O)Nc1ccc2c(c1)C[C@]1(C(=O)NC(=O)N(C(C)(C)C)C1=O)[C@H]1CCCCCN21. The minimum Gasteiger partial charge on any atom is -0.367 e. The average molecular weight is 441 g/mol. The number of anilines is 2. The van der Waals surface area contributed by atoms with Crippen LogP contribution in [0, 0.1) is 5.41 Å². The van der Waals surface area contributed by atoms with Crippen LogP contribution in [0.25, 0.3) is 0 Å². The van der Waals surface area contributed by atoms with Gasteiger partial charge in [-0.25, -0.2) is 4.79 Å². The summed E-state index contributed by atoms with van der Waals surface area (Å²) in [4.78, 5) is 55.5. The predicted octanol–water partition coefficient (Wildman–Crippen LogP) is 3.20. The fraction of sp³-hybridized carbons (Fsp3) is 0.583. The lowest BCUT2D eigenvalue weighted by Gasteiger charge is -2.53. The Hall–Kier alpha value is -2.90. The molecule has 2 atom stereocenters. The molecule has 1 spiro atoms. The molecule has 32 heavy (non-hydrogen) atoms. The van der Waals surface area contributed by atoms with Gasteiger partial charge in [-0.3, -0.25) is 24.6 Å². The molecule has 0 aromatic heterocycles. The quantitative estimate of drug-likeness (QED) is 0.688. The van der Waals surface area contributed by atoms with Crippen molar-refractivity contribution in [3.63, 3.8) is 0 Å². The highest BCUT2D eigenvalue weighted by Gasteiger charge is 2.63. The van der Waals surface area contributed by atoms with Crippen LogP contribution < -0.4 is 15.5 Å². The number of nitrogens with zero attached hydrogens (tertiary/aromatic N) is 2. The molecule has 8 nitrogen and oxygen atoms in total. The average Bonchev–Trinajstić information content (AvgIpc) is 2.97. The van der Waals surface area contributed by atoms with E-state index in [0.717, 1.165) is 37.1 Å². The number of rotatable bonds is 2. The van der Waals surface area contributed by atoms with Gasteiger partial charge in [0.1, 0.15) is 0 Å². The number of carbonyl (C=O) groups excluding carboxylic acids is 4. The number of amides is 5. The van der Waals surface area contributed by atoms with Crippen molar-refractivity contribution in [1.29, 1.82) is 0 Å². The van der Waals surface area contributed by atoms with Crippen LogP contribution in [0.3, 0.4) is 0 Å². The maximum atomic E-state index is 14.0. The Balaban J connectivity index is 1.86. The van der Waals surface area contributed by atoms with Crippen LogP contribution in [0.4, 0.5) is 16.2 Å². The summed E-state index contributed by atoms with van der Waals surface area (Å²) in [5, 5.41) is 5.37. The molecular weight excluding hydrogens is 408 g/mol. The number of hydrogen-bond acceptors (Lipinski definition) is 5. The first-order valence-electron chi connectivity index (χ1n) is 11.5. The van der Waals surface area contributed by atoms with E-state index >= 15 is 0 Å². The normalized spacial score (nSPS) is 25.8. The van der Waals surface area contributed by atoms with Gasteiger partial charge in [0.25, 0.3) is 0 Å². The molecule has 3 aliphatic heterocycles. The molecule has 1 aromatic carbocycles. The summed E-state index contributed by atoms with van der Waals surface area (Å²) in [7, 11) is 0. The van der Waals surface area contributed by atoms with Crippen LogP contribution in [0.2, 0.25) is 0 Å². The highest BCUT2D eigenvalue weighted by molar-refractivity contribution is 6.20. The highest BCUT2D eigenvalue weighted by atomic mass is 16.2. The van der Waals surface area contributed by atoms with Crippen molar-refractivity contribution in [3.8, 4) is 0 Å². The topological polar surface area (TPSA) is 98.8 Å². The zero-order chi connectivity index (χ0) is 23.3. The van der Waals surface area contributed by atoms with Gasteiger partial charge in [0.05, 0.1) is 6.04 Å². The summed E-state index contributed by atoms with van der Waals surface area (Å²) >= 11 is 0. The molecule has 2 fully saturated rings. The van der Waals surface area contributed by atoms with E-state index in [1.807, 2.05) is 18.2 Å². The van der Waals surface area contributed by atoms with Gasteiger partial charge in [-0.1, -0.05) is 19.8 Å². The molecule has 3 heterocycles. The van der Waals surface area contributed by atoms with E-state index in [0.29, 0.717) is 18.5 Å². The van der Waals surface area contributed by atoms with Gasteiger partial charge in [0, 0.05) is 29.9 Å². The molecule has 0 aliphatic carbocycles. The highest BCUT2D eigenvalue weighted by Crippen LogP contribution is 2.48. The summed E-state index contributed by atoms with van der Waals surface area (Å²) in [5.41, 5.74) is 0.333. The van der Waals surface area contributed by atoms with E-state index in [1.54, 1.807) is 27.7 Å². The summed E-state index contributed by atoms with van der Waals surface area (Å²) in [6, 6.07) is 4.74. The lowest BCUT2D eigenvalue weighted by Crippen LogP contribution is -2.74. The maximum absolute atomic E-state index is 14.0. The van der Waals surface area contributed by atoms with Crippen molar-refractivity contribution in [2.24, 2.45) is 5.41 Å². The fourth-order valence-electron chi connectivity index (χ4n) is 5.37. The van der Waals surface area contributed by atoms with E-state index in [1.165, 1.54) is 4.90 Å². The summed E-state index contributed by atoms with van der Waals surface area (Å²) in [5.74, 6) is -1.04. The minimum absolute atomic E-state index is 0.0980. The largest absolute Gasteiger partial charge is 0.367 e. The van der Waals surface area contributed by atoms with Crippen LogP contribution in [-0.4, -0.2) is 46.8 Å². The smallest absolute Gasteiger partial charge is 0.331 e. The lowest BCUT2D eigenvalue weighted by molar-refractivity contribution is -0.157. The molecule has 0 saturated carbocycles. The van der Waals surface area contributed by atoms with Crippen LogP contribution in [0.15, 0.2) is 18.2 Å². The second-order valence-corrected chi connectivity index (χ2v) is 10.0. The van der Waals surface area contributed by atoms with Gasteiger partial charge in [0.2, 0.25) is 17.7 Å². The maximum Gasteiger partial charge on any atom is 0.331 e. The van der Waals surface area contributed by atoms with E-state index in [4.69, 9.17) is 0 Å². The Labute approximate surface area is 188 Å². The van der Waals surface area contributed by atoms with Crippen molar-refractivity contribution in [2.45, 2.75) is 77.8 Å². The van der Waals surface area contributed by atoms with Crippen LogP contribution in [0.1, 0.15) is 65.4 Å². The van der Waals surface area contributed by atoms with Gasteiger partial charge >= 0.3 is 6.03 Å². The summed E-state index contributed by atoms with van der Waals surface area (Å²) in [6.07, 6.45) is 4.19. The standard InChI is InChI=1S/C24H32N4O4/c1-5-19(29)25-16-10-11-17-15(13-16)14-24(18-9-7-6-8-12-27(17)18)20(30)26-22(32)28(21(24)31)23(2,3)4/h10-11,13,18H,5-9,12,14H2,1-4H3,(H,25,29)(H,26,30,32)/t18-,24-/m1/s1. The van der Waals surface area contributed by atoms with Crippen LogP contribution >= 0.6 is 0 Å². The zero-order valence-corrected chi connectivity index (χ0v) is 19.3. The Kier molecular flexibility index (Phi) is 5.51. The third-order valence-electron chi connectivity index (χ3n) is 6.87. The van der Waals surface area contributed by atoms with Gasteiger partial charge in [-0.2, -0.15) is 0 Å². The van der Waals surface area contributed by atoms with Crippen molar-refractivity contribution in [1.82, 2.24) is 10.2 Å². The molecule has 8 heteroatoms. The molecule has 172 valence electrons. The van der Waals surface area contributed by atoms with E-state index in [9.17, 15) is 19.2 Å². The molecular formula is C24H32N4O4. The number of urea groups is 1. The second-order valence-electron chi connectivity index (χ2n) is 10.0.